The summed E-state index contributed by atoms with van der Waals surface area (Å²) in [6.07, 6.45) is 2.86. The van der Waals surface area contributed by atoms with Crippen molar-refractivity contribution in [2.45, 2.75) is 39.2 Å². The highest BCUT2D eigenvalue weighted by atomic mass is 16.5. The molecule has 0 aromatic carbocycles. The van der Waals surface area contributed by atoms with Crippen molar-refractivity contribution in [3.63, 3.8) is 0 Å². The van der Waals surface area contributed by atoms with Crippen molar-refractivity contribution in [2.75, 3.05) is 6.54 Å². The lowest BCUT2D eigenvalue weighted by Crippen LogP contribution is -2.25. The lowest BCUT2D eigenvalue weighted by atomic mass is 10.2. The van der Waals surface area contributed by atoms with Crippen LogP contribution in [-0.4, -0.2) is 34.6 Å². The van der Waals surface area contributed by atoms with E-state index in [1.165, 1.54) is 6.20 Å². The number of carboxylic acids is 1. The van der Waals surface area contributed by atoms with Crippen LogP contribution < -0.4 is 10.1 Å². The molecule has 0 radical (unpaired) electrons. The number of aliphatic carboxylic acids is 1. The average Bonchev–Trinajstić information content (AvgIpc) is 2.43. The van der Waals surface area contributed by atoms with Crippen LogP contribution >= 0.6 is 0 Å². The average molecular weight is 280 g/mol. The Balaban J connectivity index is 2.51. The Hall–Kier alpha value is -2.11. The molecule has 0 aliphatic heterocycles. The number of carboxylic acid groups (broad SMARTS) is 1. The van der Waals surface area contributed by atoms with E-state index in [4.69, 9.17) is 9.84 Å². The van der Waals surface area contributed by atoms with Crippen LogP contribution in [-0.2, 0) is 4.79 Å². The number of hydrogen-bond donors (Lipinski definition) is 2. The molecule has 1 unspecified atom stereocenters. The molecule has 110 valence electrons. The van der Waals surface area contributed by atoms with Gasteiger partial charge in [0.15, 0.2) is 0 Å². The van der Waals surface area contributed by atoms with Crippen LogP contribution in [0.4, 0.5) is 0 Å². The fourth-order valence-corrected chi connectivity index (χ4v) is 1.45. The number of nitrogens with one attached hydrogen (secondary N) is 1. The standard InChI is InChI=1S/C14H20N2O4/c1-3-10(2)20-12-9-11(6-8-15-12)14(19)16-7-4-5-13(17)18/h6,8-10H,3-5,7H2,1-2H3,(H,16,19)(H,17,18). The molecule has 20 heavy (non-hydrogen) atoms. The quantitative estimate of drug-likeness (QED) is 0.709. The largest absolute Gasteiger partial charge is 0.481 e. The Kier molecular flexibility index (Phi) is 6.49. The molecule has 1 rings (SSSR count). The molecule has 0 fully saturated rings. The van der Waals surface area contributed by atoms with Gasteiger partial charge in [-0.2, -0.15) is 0 Å². The zero-order chi connectivity index (χ0) is 15.0. The van der Waals surface area contributed by atoms with Gasteiger partial charge in [0, 0.05) is 30.8 Å². The van der Waals surface area contributed by atoms with E-state index in [0.29, 0.717) is 24.4 Å². The maximum Gasteiger partial charge on any atom is 0.303 e. The van der Waals surface area contributed by atoms with Gasteiger partial charge in [-0.1, -0.05) is 6.92 Å². The van der Waals surface area contributed by atoms with Crippen LogP contribution in [0.25, 0.3) is 0 Å². The van der Waals surface area contributed by atoms with Crippen LogP contribution in [0.15, 0.2) is 18.3 Å². The molecule has 0 spiro atoms. The van der Waals surface area contributed by atoms with Crippen molar-refractivity contribution >= 4 is 11.9 Å². The minimum Gasteiger partial charge on any atom is -0.481 e. The first-order valence-corrected chi connectivity index (χ1v) is 6.65. The summed E-state index contributed by atoms with van der Waals surface area (Å²) in [7, 11) is 0. The van der Waals surface area contributed by atoms with Gasteiger partial charge >= 0.3 is 5.97 Å². The molecule has 1 amide bonds. The number of nitrogens with zero attached hydrogens (tertiary/aromatic N) is 1. The molecule has 2 N–H and O–H groups in total. The number of hydrogen-bond acceptors (Lipinski definition) is 4. The van der Waals surface area contributed by atoms with Crippen molar-refractivity contribution < 1.29 is 19.4 Å². The first-order chi connectivity index (χ1) is 9.52. The SMILES string of the molecule is CCC(C)Oc1cc(C(=O)NCCCC(=O)O)ccn1. The van der Waals surface area contributed by atoms with Crippen LogP contribution in [0.5, 0.6) is 5.88 Å². The van der Waals surface area contributed by atoms with Gasteiger partial charge in [-0.3, -0.25) is 9.59 Å². The van der Waals surface area contributed by atoms with Gasteiger partial charge in [-0.15, -0.1) is 0 Å². The normalized spacial score (nSPS) is 11.7. The van der Waals surface area contributed by atoms with E-state index in [0.717, 1.165) is 6.42 Å². The number of pyridine rings is 1. The van der Waals surface area contributed by atoms with Crippen molar-refractivity contribution in [1.82, 2.24) is 10.3 Å². The number of rotatable bonds is 8. The van der Waals surface area contributed by atoms with Gasteiger partial charge in [0.05, 0.1) is 6.10 Å². The maximum atomic E-state index is 11.9. The van der Waals surface area contributed by atoms with Crippen LogP contribution in [0.3, 0.4) is 0 Å². The molecule has 1 aromatic heterocycles. The van der Waals surface area contributed by atoms with E-state index < -0.39 is 5.97 Å². The van der Waals surface area contributed by atoms with E-state index in [1.54, 1.807) is 12.1 Å². The highest BCUT2D eigenvalue weighted by Gasteiger charge is 2.09. The van der Waals surface area contributed by atoms with Crippen molar-refractivity contribution in [3.8, 4) is 5.88 Å². The summed E-state index contributed by atoms with van der Waals surface area (Å²) in [5.74, 6) is -0.711. The van der Waals surface area contributed by atoms with Crippen molar-refractivity contribution in [3.05, 3.63) is 23.9 Å². The third-order valence-corrected chi connectivity index (χ3v) is 2.75. The van der Waals surface area contributed by atoms with Gasteiger partial charge in [-0.25, -0.2) is 4.98 Å². The van der Waals surface area contributed by atoms with E-state index in [1.807, 2.05) is 13.8 Å². The summed E-state index contributed by atoms with van der Waals surface area (Å²) in [5.41, 5.74) is 0.452. The topological polar surface area (TPSA) is 88.5 Å². The lowest BCUT2D eigenvalue weighted by Gasteiger charge is -2.12. The van der Waals surface area contributed by atoms with Gasteiger partial charge < -0.3 is 15.2 Å². The van der Waals surface area contributed by atoms with Gasteiger partial charge in [0.1, 0.15) is 0 Å². The molecule has 0 saturated heterocycles. The number of carbonyl (C=O) groups is 2. The lowest BCUT2D eigenvalue weighted by molar-refractivity contribution is -0.137. The van der Waals surface area contributed by atoms with Gasteiger partial charge in [-0.05, 0) is 25.8 Å². The molecule has 1 aromatic rings. The monoisotopic (exact) mass is 280 g/mol. The van der Waals surface area contributed by atoms with Crippen LogP contribution in [0.1, 0.15) is 43.5 Å². The van der Waals surface area contributed by atoms with Gasteiger partial charge in [0.2, 0.25) is 5.88 Å². The second-order valence-electron chi connectivity index (χ2n) is 4.47. The van der Waals surface area contributed by atoms with Gasteiger partial charge in [0.25, 0.3) is 5.91 Å². The highest BCUT2D eigenvalue weighted by molar-refractivity contribution is 5.94. The van der Waals surface area contributed by atoms with Crippen LogP contribution in [0.2, 0.25) is 0 Å². The Bertz CT molecular complexity index is 462. The fraction of sp³-hybridized carbons (Fsp3) is 0.500. The third kappa shape index (κ3) is 5.69. The third-order valence-electron chi connectivity index (χ3n) is 2.75. The summed E-state index contributed by atoms with van der Waals surface area (Å²) in [4.78, 5) is 26.3. The predicted octanol–water partition coefficient (Wildman–Crippen LogP) is 1.85. The molecule has 0 saturated carbocycles. The number of ether oxygens (including phenoxy) is 1. The molecular formula is C14H20N2O4. The van der Waals surface area contributed by atoms with Crippen molar-refractivity contribution in [1.29, 1.82) is 0 Å². The Morgan fingerprint density at radius 1 is 1.50 bits per heavy atom. The van der Waals surface area contributed by atoms with Crippen LogP contribution in [0, 0.1) is 0 Å². The Morgan fingerprint density at radius 2 is 2.25 bits per heavy atom. The van der Waals surface area contributed by atoms with E-state index in [2.05, 4.69) is 10.3 Å². The minimum atomic E-state index is -0.868. The highest BCUT2D eigenvalue weighted by Crippen LogP contribution is 2.12. The molecular weight excluding hydrogens is 260 g/mol. The summed E-state index contributed by atoms with van der Waals surface area (Å²) in [6, 6.07) is 3.18. The fourth-order valence-electron chi connectivity index (χ4n) is 1.45. The van der Waals surface area contributed by atoms with E-state index in [-0.39, 0.29) is 18.4 Å². The summed E-state index contributed by atoms with van der Waals surface area (Å²) in [5, 5.41) is 11.2. The number of aromatic nitrogens is 1. The summed E-state index contributed by atoms with van der Waals surface area (Å²) >= 11 is 0. The molecule has 6 heteroatoms. The maximum absolute atomic E-state index is 11.9. The second-order valence-corrected chi connectivity index (χ2v) is 4.47. The molecule has 6 nitrogen and oxygen atoms in total. The smallest absolute Gasteiger partial charge is 0.303 e. The summed E-state index contributed by atoms with van der Waals surface area (Å²) in [6.45, 7) is 4.26. The molecule has 0 aliphatic rings. The minimum absolute atomic E-state index is 0.0383. The predicted molar refractivity (Wildman–Crippen MR) is 73.8 cm³/mol. The number of amides is 1. The molecule has 1 heterocycles. The number of carbonyl (C=O) groups excluding carboxylic acids is 1. The Morgan fingerprint density at radius 3 is 2.90 bits per heavy atom. The molecule has 1 atom stereocenters. The Labute approximate surface area is 118 Å². The van der Waals surface area contributed by atoms with Crippen molar-refractivity contribution in [2.24, 2.45) is 0 Å². The zero-order valence-electron chi connectivity index (χ0n) is 11.8. The second kappa shape index (κ2) is 8.14. The zero-order valence-corrected chi connectivity index (χ0v) is 11.8. The molecule has 0 bridgehead atoms. The van der Waals surface area contributed by atoms with E-state index >= 15 is 0 Å². The first kappa shape index (κ1) is 15.9. The summed E-state index contributed by atoms with van der Waals surface area (Å²) < 4.78 is 5.54. The van der Waals surface area contributed by atoms with E-state index in [9.17, 15) is 9.59 Å². The molecule has 0 aliphatic carbocycles. The first-order valence-electron chi connectivity index (χ1n) is 6.65.